The minimum Gasteiger partial charge on any atom is -0.423 e. The van der Waals surface area contributed by atoms with E-state index in [1.165, 1.54) is 0 Å². The highest BCUT2D eigenvalue weighted by Gasteiger charge is 2.47. The Labute approximate surface area is 184 Å². The molecule has 2 fully saturated rings. The second-order valence-electron chi connectivity index (χ2n) is 9.52. The van der Waals surface area contributed by atoms with Gasteiger partial charge in [0.25, 0.3) is 0 Å². The Hall–Kier alpha value is -2.38. The van der Waals surface area contributed by atoms with E-state index in [4.69, 9.17) is 4.74 Å². The van der Waals surface area contributed by atoms with Gasteiger partial charge in [-0.05, 0) is 48.1 Å². The topological polar surface area (TPSA) is 84.5 Å². The maximum absolute atomic E-state index is 12.6. The molecule has 1 saturated heterocycles. The molecule has 1 heterocycles. The lowest BCUT2D eigenvalue weighted by molar-refractivity contribution is 0.0735. The van der Waals surface area contributed by atoms with Gasteiger partial charge in [0.2, 0.25) is 10.0 Å². The van der Waals surface area contributed by atoms with Gasteiger partial charge in [-0.25, -0.2) is 13.2 Å². The summed E-state index contributed by atoms with van der Waals surface area (Å²) in [6.07, 6.45) is 3.25. The van der Waals surface area contributed by atoms with E-state index in [0.717, 1.165) is 24.8 Å². The van der Waals surface area contributed by atoms with Crippen LogP contribution in [0.4, 0.5) is 5.69 Å². The van der Waals surface area contributed by atoms with E-state index in [1.807, 2.05) is 18.2 Å². The molecule has 6 nitrogen and oxygen atoms in total. The molecule has 3 atom stereocenters. The van der Waals surface area contributed by atoms with E-state index >= 15 is 0 Å². The van der Waals surface area contributed by atoms with Gasteiger partial charge in [-0.3, -0.25) is 0 Å². The Morgan fingerprint density at radius 3 is 2.48 bits per heavy atom. The van der Waals surface area contributed by atoms with Gasteiger partial charge in [0.15, 0.2) is 0 Å². The Kier molecular flexibility index (Phi) is 5.83. The van der Waals surface area contributed by atoms with Crippen molar-refractivity contribution in [3.63, 3.8) is 0 Å². The number of carbonyl (C=O) groups excluding carboxylic acids is 1. The molecule has 0 amide bonds. The van der Waals surface area contributed by atoms with Gasteiger partial charge < -0.3 is 10.1 Å². The molecule has 166 valence electrons. The quantitative estimate of drug-likeness (QED) is 0.540. The summed E-state index contributed by atoms with van der Waals surface area (Å²) in [6, 6.07) is 14.5. The molecule has 2 N–H and O–H groups in total. The molecule has 2 aliphatic rings. The van der Waals surface area contributed by atoms with E-state index in [1.54, 1.807) is 30.3 Å². The fourth-order valence-electron chi connectivity index (χ4n) is 4.48. The van der Waals surface area contributed by atoms with Gasteiger partial charge in [-0.2, -0.15) is 4.72 Å². The molecular weight excluding hydrogens is 412 g/mol. The maximum Gasteiger partial charge on any atom is 0.343 e. The first-order valence-corrected chi connectivity index (χ1v) is 12.4. The normalized spacial score (nSPS) is 24.9. The highest BCUT2D eigenvalue weighted by molar-refractivity contribution is 7.90. The maximum atomic E-state index is 12.6. The number of esters is 1. The molecule has 2 aromatic carbocycles. The van der Waals surface area contributed by atoms with Crippen molar-refractivity contribution in [3.8, 4) is 5.75 Å². The number of fused-ring (bicyclic) bond motifs is 1. The number of rotatable bonds is 4. The van der Waals surface area contributed by atoms with Gasteiger partial charge in [0, 0.05) is 17.7 Å². The van der Waals surface area contributed by atoms with Gasteiger partial charge in [-0.1, -0.05) is 51.8 Å². The first-order chi connectivity index (χ1) is 14.6. The third kappa shape index (κ3) is 4.77. The average Bonchev–Trinajstić information content (AvgIpc) is 2.98. The summed E-state index contributed by atoms with van der Waals surface area (Å²) in [5.74, 6) is 0.0359. The van der Waals surface area contributed by atoms with Crippen LogP contribution < -0.4 is 14.8 Å². The largest absolute Gasteiger partial charge is 0.423 e. The molecule has 7 heteroatoms. The van der Waals surface area contributed by atoms with E-state index in [0.29, 0.717) is 23.4 Å². The van der Waals surface area contributed by atoms with Crippen molar-refractivity contribution in [1.29, 1.82) is 0 Å². The molecule has 3 unspecified atom stereocenters. The molecule has 0 radical (unpaired) electrons. The fraction of sp³-hybridized carbons (Fsp3) is 0.458. The molecule has 4 rings (SSSR count). The minimum atomic E-state index is -3.29. The van der Waals surface area contributed by atoms with Crippen molar-refractivity contribution >= 4 is 21.7 Å². The van der Waals surface area contributed by atoms with Crippen molar-refractivity contribution < 1.29 is 17.9 Å². The second-order valence-corrected chi connectivity index (χ2v) is 11.4. The predicted molar refractivity (Wildman–Crippen MR) is 122 cm³/mol. The van der Waals surface area contributed by atoms with E-state index in [-0.39, 0.29) is 22.7 Å². The monoisotopic (exact) mass is 442 g/mol. The second kappa shape index (κ2) is 8.28. The number of hydrogen-bond donors (Lipinski definition) is 2. The van der Waals surface area contributed by atoms with Gasteiger partial charge in [0.05, 0.1) is 17.0 Å². The lowest BCUT2D eigenvalue weighted by Gasteiger charge is -2.27. The first-order valence-electron chi connectivity index (χ1n) is 10.8. The Morgan fingerprint density at radius 1 is 1.06 bits per heavy atom. The number of carbonyl (C=O) groups is 1. The van der Waals surface area contributed by atoms with Crippen molar-refractivity contribution in [2.45, 2.75) is 63.3 Å². The Balaban J connectivity index is 1.44. The van der Waals surface area contributed by atoms with Crippen LogP contribution in [0.5, 0.6) is 5.75 Å². The molecule has 1 aliphatic carbocycles. The van der Waals surface area contributed by atoms with E-state index < -0.39 is 16.0 Å². The zero-order chi connectivity index (χ0) is 22.2. The van der Waals surface area contributed by atoms with Crippen molar-refractivity contribution in [2.75, 3.05) is 5.32 Å². The summed E-state index contributed by atoms with van der Waals surface area (Å²) in [6.45, 7) is 6.37. The van der Waals surface area contributed by atoms with Crippen LogP contribution >= 0.6 is 0 Å². The van der Waals surface area contributed by atoms with Crippen LogP contribution in [0, 0.1) is 5.92 Å². The van der Waals surface area contributed by atoms with Crippen LogP contribution in [0.15, 0.2) is 48.5 Å². The van der Waals surface area contributed by atoms with Crippen LogP contribution in [0.2, 0.25) is 0 Å². The molecule has 1 aliphatic heterocycles. The summed E-state index contributed by atoms with van der Waals surface area (Å²) < 4.78 is 33.2. The minimum absolute atomic E-state index is 0.0154. The van der Waals surface area contributed by atoms with Crippen molar-refractivity contribution in [3.05, 3.63) is 59.7 Å². The van der Waals surface area contributed by atoms with Gasteiger partial charge in [0.1, 0.15) is 5.75 Å². The first kappa shape index (κ1) is 21.8. The smallest absolute Gasteiger partial charge is 0.343 e. The summed E-state index contributed by atoms with van der Waals surface area (Å²) in [7, 11) is -3.29. The summed E-state index contributed by atoms with van der Waals surface area (Å²) in [4.78, 5) is 12.6. The fourth-order valence-corrected chi connectivity index (χ4v) is 6.47. The molecular formula is C24H30N2O4S. The van der Waals surface area contributed by atoms with Gasteiger partial charge in [-0.15, -0.1) is 0 Å². The molecule has 0 aromatic heterocycles. The molecule has 31 heavy (non-hydrogen) atoms. The highest BCUT2D eigenvalue weighted by Crippen LogP contribution is 2.37. The number of anilines is 1. The van der Waals surface area contributed by atoms with Crippen LogP contribution in [0.3, 0.4) is 0 Å². The predicted octanol–water partition coefficient (Wildman–Crippen LogP) is 4.43. The third-order valence-corrected chi connectivity index (χ3v) is 8.19. The van der Waals surface area contributed by atoms with E-state index in [9.17, 15) is 13.2 Å². The zero-order valence-corrected chi connectivity index (χ0v) is 19.0. The van der Waals surface area contributed by atoms with Crippen LogP contribution in [-0.2, 0) is 15.4 Å². The van der Waals surface area contributed by atoms with Gasteiger partial charge >= 0.3 is 5.97 Å². The third-order valence-electron chi connectivity index (χ3n) is 6.22. The van der Waals surface area contributed by atoms with Crippen LogP contribution in [-0.4, -0.2) is 25.8 Å². The number of sulfonamides is 1. The standard InChI is InChI=1S/C24H30N2O4S/c1-24(2,3)17-13-11-16(12-14-17)23(27)30-19-8-6-7-18(15-19)25-22-20-9-4-5-10-21(20)31(28,29)26-22/h6-8,11-15,20-22,25-26H,4-5,9-10H2,1-3H3. The van der Waals surface area contributed by atoms with Crippen molar-refractivity contribution in [1.82, 2.24) is 4.72 Å². The Bertz CT molecular complexity index is 1060. The summed E-state index contributed by atoms with van der Waals surface area (Å²) in [5, 5.41) is 2.97. The number of hydrogen-bond acceptors (Lipinski definition) is 5. The number of benzene rings is 2. The van der Waals surface area contributed by atoms with Crippen LogP contribution in [0.1, 0.15) is 62.4 Å². The summed E-state index contributed by atoms with van der Waals surface area (Å²) >= 11 is 0. The number of ether oxygens (including phenoxy) is 1. The molecule has 0 spiro atoms. The number of nitrogens with one attached hydrogen (secondary N) is 2. The zero-order valence-electron chi connectivity index (χ0n) is 18.2. The lowest BCUT2D eigenvalue weighted by atomic mass is 9.86. The molecule has 1 saturated carbocycles. The highest BCUT2D eigenvalue weighted by atomic mass is 32.2. The lowest BCUT2D eigenvalue weighted by Crippen LogP contribution is -2.37. The summed E-state index contributed by atoms with van der Waals surface area (Å²) in [5.41, 5.74) is 2.36. The molecule has 0 bridgehead atoms. The van der Waals surface area contributed by atoms with Crippen molar-refractivity contribution in [2.24, 2.45) is 5.92 Å². The van der Waals surface area contributed by atoms with Crippen LogP contribution in [0.25, 0.3) is 0 Å². The SMILES string of the molecule is CC(C)(C)c1ccc(C(=O)Oc2cccc(NC3NS(=O)(=O)C4CCCCC34)c2)cc1. The Morgan fingerprint density at radius 2 is 1.77 bits per heavy atom. The van der Waals surface area contributed by atoms with E-state index in [2.05, 4.69) is 30.8 Å². The molecule has 2 aromatic rings. The average molecular weight is 443 g/mol.